The molecule has 1 amide bonds. The van der Waals surface area contributed by atoms with Gasteiger partial charge in [-0.3, -0.25) is 4.79 Å². The van der Waals surface area contributed by atoms with E-state index >= 15 is 0 Å². The minimum absolute atomic E-state index is 0.0798. The van der Waals surface area contributed by atoms with E-state index in [0.29, 0.717) is 0 Å². The van der Waals surface area contributed by atoms with Crippen LogP contribution in [0.1, 0.15) is 24.2 Å². The third kappa shape index (κ3) is 5.24. The normalized spacial score (nSPS) is 11.2. The number of nitrogens with one attached hydrogen (secondary N) is 1. The van der Waals surface area contributed by atoms with Crippen LogP contribution in [-0.4, -0.2) is 38.0 Å². The summed E-state index contributed by atoms with van der Waals surface area (Å²) in [6.45, 7) is 3.15. The highest BCUT2D eigenvalue weighted by Crippen LogP contribution is 2.24. The monoisotopic (exact) mass is 335 g/mol. The van der Waals surface area contributed by atoms with E-state index in [1.165, 1.54) is 0 Å². The van der Waals surface area contributed by atoms with Crippen molar-refractivity contribution in [2.24, 2.45) is 0 Å². The summed E-state index contributed by atoms with van der Waals surface area (Å²) in [4.78, 5) is 22.2. The van der Waals surface area contributed by atoms with Gasteiger partial charge < -0.3 is 15.2 Å². The van der Waals surface area contributed by atoms with Gasteiger partial charge in [0.05, 0.1) is 4.90 Å². The summed E-state index contributed by atoms with van der Waals surface area (Å²) in [6, 6.07) is 3.04. The number of aromatic carboxylic acids is 1. The highest BCUT2D eigenvalue weighted by atomic mass is 35.7. The molecule has 116 valence electrons. The molecule has 0 aromatic heterocycles. The van der Waals surface area contributed by atoms with Gasteiger partial charge in [0.15, 0.2) is 6.61 Å². The van der Waals surface area contributed by atoms with Crippen LogP contribution in [0, 0.1) is 0 Å². The smallest absolute Gasteiger partial charge is 0.339 e. The van der Waals surface area contributed by atoms with Gasteiger partial charge in [0.1, 0.15) is 11.3 Å². The molecule has 0 bridgehead atoms. The minimum atomic E-state index is -4.05. The quantitative estimate of drug-likeness (QED) is 0.756. The first-order valence-electron chi connectivity index (χ1n) is 5.85. The summed E-state index contributed by atoms with van der Waals surface area (Å²) in [5, 5.41) is 11.6. The largest absolute Gasteiger partial charge is 0.483 e. The number of benzene rings is 1. The molecule has 0 unspecified atom stereocenters. The number of carbonyl (C=O) groups excluding carboxylic acids is 1. The molecule has 2 N–H and O–H groups in total. The lowest BCUT2D eigenvalue weighted by atomic mass is 10.2. The molecule has 9 heteroatoms. The summed E-state index contributed by atoms with van der Waals surface area (Å²) in [5.41, 5.74) is -0.394. The van der Waals surface area contributed by atoms with Gasteiger partial charge in [-0.05, 0) is 32.0 Å². The van der Waals surface area contributed by atoms with Crippen LogP contribution >= 0.6 is 10.7 Å². The summed E-state index contributed by atoms with van der Waals surface area (Å²) >= 11 is 0. The van der Waals surface area contributed by atoms with Crippen LogP contribution in [0.3, 0.4) is 0 Å². The van der Waals surface area contributed by atoms with Gasteiger partial charge in [0.25, 0.3) is 15.0 Å². The molecule has 1 rings (SSSR count). The SMILES string of the molecule is CC(C)NC(=O)COc1ccc(S(=O)(=O)Cl)cc1C(=O)O. The third-order valence-electron chi connectivity index (χ3n) is 2.27. The maximum absolute atomic E-state index is 11.4. The van der Waals surface area contributed by atoms with Gasteiger partial charge in [-0.2, -0.15) is 0 Å². The van der Waals surface area contributed by atoms with Crippen molar-refractivity contribution in [3.63, 3.8) is 0 Å². The van der Waals surface area contributed by atoms with Crippen molar-refractivity contribution in [2.75, 3.05) is 6.61 Å². The second-order valence-electron chi connectivity index (χ2n) is 4.41. The van der Waals surface area contributed by atoms with Crippen molar-refractivity contribution < 1.29 is 27.9 Å². The van der Waals surface area contributed by atoms with E-state index in [0.717, 1.165) is 18.2 Å². The molecule has 21 heavy (non-hydrogen) atoms. The maximum Gasteiger partial charge on any atom is 0.339 e. The van der Waals surface area contributed by atoms with Crippen LogP contribution in [0.15, 0.2) is 23.1 Å². The van der Waals surface area contributed by atoms with Crippen molar-refractivity contribution in [3.05, 3.63) is 23.8 Å². The van der Waals surface area contributed by atoms with E-state index in [9.17, 15) is 18.0 Å². The highest BCUT2D eigenvalue weighted by molar-refractivity contribution is 8.13. The topological polar surface area (TPSA) is 110 Å². The van der Waals surface area contributed by atoms with Crippen LogP contribution < -0.4 is 10.1 Å². The summed E-state index contributed by atoms with van der Waals surface area (Å²) < 4.78 is 27.4. The van der Waals surface area contributed by atoms with Crippen LogP contribution in [0.2, 0.25) is 0 Å². The third-order valence-corrected chi connectivity index (χ3v) is 3.62. The van der Waals surface area contributed by atoms with Crippen molar-refractivity contribution in [3.8, 4) is 5.75 Å². The molecule has 0 heterocycles. The Kier molecular flexibility index (Phi) is 5.56. The molecule has 0 saturated heterocycles. The minimum Gasteiger partial charge on any atom is -0.483 e. The van der Waals surface area contributed by atoms with E-state index in [1.807, 2.05) is 0 Å². The number of rotatable bonds is 6. The number of carboxylic acid groups (broad SMARTS) is 1. The summed E-state index contributed by atoms with van der Waals surface area (Å²) in [7, 11) is 1.10. The average molecular weight is 336 g/mol. The lowest BCUT2D eigenvalue weighted by Gasteiger charge is -2.11. The molecule has 0 fully saturated rings. The molecule has 0 aliphatic rings. The van der Waals surface area contributed by atoms with Crippen molar-refractivity contribution in [2.45, 2.75) is 24.8 Å². The average Bonchev–Trinajstić information content (AvgIpc) is 2.34. The lowest BCUT2D eigenvalue weighted by molar-refractivity contribution is -0.123. The Morgan fingerprint density at radius 3 is 2.48 bits per heavy atom. The predicted molar refractivity (Wildman–Crippen MR) is 75.2 cm³/mol. The van der Waals surface area contributed by atoms with Crippen molar-refractivity contribution in [1.29, 1.82) is 0 Å². The molecule has 0 aliphatic heterocycles. The summed E-state index contributed by atoms with van der Waals surface area (Å²) in [6.07, 6.45) is 0. The molecule has 1 aromatic carbocycles. The lowest BCUT2D eigenvalue weighted by Crippen LogP contribution is -2.34. The molecular weight excluding hydrogens is 322 g/mol. The Hall–Kier alpha value is -1.80. The molecule has 0 spiro atoms. The van der Waals surface area contributed by atoms with Crippen molar-refractivity contribution >= 4 is 31.6 Å². The number of carbonyl (C=O) groups is 2. The number of hydrogen-bond donors (Lipinski definition) is 2. The second kappa shape index (κ2) is 6.77. The predicted octanol–water partition coefficient (Wildman–Crippen LogP) is 1.22. The molecule has 0 saturated carbocycles. The number of carboxylic acids is 1. The van der Waals surface area contributed by atoms with E-state index < -0.39 is 26.5 Å². The van der Waals surface area contributed by atoms with E-state index in [-0.39, 0.29) is 23.3 Å². The Labute approximate surface area is 126 Å². The van der Waals surface area contributed by atoms with Crippen LogP contribution in [0.4, 0.5) is 0 Å². The molecular formula is C12H14ClNO6S. The van der Waals surface area contributed by atoms with Crippen LogP contribution in [0.5, 0.6) is 5.75 Å². The van der Waals surface area contributed by atoms with Gasteiger partial charge in [0.2, 0.25) is 0 Å². The van der Waals surface area contributed by atoms with E-state index in [4.69, 9.17) is 20.5 Å². The van der Waals surface area contributed by atoms with Gasteiger partial charge in [-0.1, -0.05) is 0 Å². The molecule has 0 atom stereocenters. The van der Waals surface area contributed by atoms with E-state index in [1.54, 1.807) is 13.8 Å². The molecule has 0 aliphatic carbocycles. The first-order valence-corrected chi connectivity index (χ1v) is 8.16. The second-order valence-corrected chi connectivity index (χ2v) is 6.98. The fourth-order valence-corrected chi connectivity index (χ4v) is 2.24. The van der Waals surface area contributed by atoms with Gasteiger partial charge in [-0.25, -0.2) is 13.2 Å². The summed E-state index contributed by atoms with van der Waals surface area (Å²) in [5.74, 6) is -1.93. The van der Waals surface area contributed by atoms with Gasteiger partial charge in [0, 0.05) is 16.7 Å². The molecule has 0 radical (unpaired) electrons. The van der Waals surface area contributed by atoms with Crippen LogP contribution in [-0.2, 0) is 13.8 Å². The zero-order valence-electron chi connectivity index (χ0n) is 11.3. The van der Waals surface area contributed by atoms with Gasteiger partial charge >= 0.3 is 5.97 Å². The number of hydrogen-bond acceptors (Lipinski definition) is 5. The maximum atomic E-state index is 11.4. The number of amides is 1. The Morgan fingerprint density at radius 2 is 2.00 bits per heavy atom. The Bertz CT molecular complexity index is 656. The van der Waals surface area contributed by atoms with E-state index in [2.05, 4.69) is 5.32 Å². The first-order chi connectivity index (χ1) is 9.61. The zero-order valence-corrected chi connectivity index (χ0v) is 12.9. The van der Waals surface area contributed by atoms with Gasteiger partial charge in [-0.15, -0.1) is 0 Å². The standard InChI is InChI=1S/C12H14ClNO6S/c1-7(2)14-11(15)6-20-10-4-3-8(21(13,18)19)5-9(10)12(16)17/h3-5,7H,6H2,1-2H3,(H,14,15)(H,16,17). The van der Waals surface area contributed by atoms with Crippen molar-refractivity contribution in [1.82, 2.24) is 5.32 Å². The number of halogens is 1. The zero-order chi connectivity index (χ0) is 16.2. The first kappa shape index (κ1) is 17.3. The van der Waals surface area contributed by atoms with Crippen LogP contribution in [0.25, 0.3) is 0 Å². The highest BCUT2D eigenvalue weighted by Gasteiger charge is 2.18. The molecule has 1 aromatic rings. The fourth-order valence-electron chi connectivity index (χ4n) is 1.46. The molecule has 7 nitrogen and oxygen atoms in total. The Balaban J connectivity index is 2.98. The number of ether oxygens (including phenoxy) is 1. The fraction of sp³-hybridized carbons (Fsp3) is 0.333. The Morgan fingerprint density at radius 1 is 1.38 bits per heavy atom.